The Balaban J connectivity index is 1.72. The molecule has 112 valence electrons. The van der Waals surface area contributed by atoms with E-state index in [2.05, 4.69) is 10.1 Å². The number of amides is 1. The molecule has 0 saturated heterocycles. The highest BCUT2D eigenvalue weighted by Gasteiger charge is 2.34. The van der Waals surface area contributed by atoms with Gasteiger partial charge in [-0.1, -0.05) is 18.2 Å². The fourth-order valence-electron chi connectivity index (χ4n) is 2.50. The maximum Gasteiger partial charge on any atom is 0.357 e. The summed E-state index contributed by atoms with van der Waals surface area (Å²) in [7, 11) is 0. The van der Waals surface area contributed by atoms with Crippen molar-refractivity contribution in [1.29, 1.82) is 0 Å². The van der Waals surface area contributed by atoms with Gasteiger partial charge in [0.1, 0.15) is 4.88 Å². The summed E-state index contributed by atoms with van der Waals surface area (Å²) >= 11 is 1.21. The number of carbonyl (C=O) groups excluding carboxylic acids is 3. The summed E-state index contributed by atoms with van der Waals surface area (Å²) in [6.07, 6.45) is 0. The summed E-state index contributed by atoms with van der Waals surface area (Å²) in [6, 6.07) is 14.0. The van der Waals surface area contributed by atoms with Crippen LogP contribution in [-0.4, -0.2) is 17.8 Å². The third-order valence-corrected chi connectivity index (χ3v) is 4.71. The van der Waals surface area contributed by atoms with Crippen LogP contribution in [-0.2, 0) is 4.74 Å². The standard InChI is InChI=1S/C17H9NO4S/c19-15(9-4-2-1-3-5-9)18-10-6-7-12-11(8-10)13-14(23-12)17(21)22-16(13)20/h1-8H,(H,18,19). The van der Waals surface area contributed by atoms with Crippen LogP contribution in [0.5, 0.6) is 0 Å². The predicted molar refractivity (Wildman–Crippen MR) is 86.0 cm³/mol. The zero-order valence-corrected chi connectivity index (χ0v) is 12.5. The number of nitrogens with one attached hydrogen (secondary N) is 1. The van der Waals surface area contributed by atoms with Gasteiger partial charge in [0.2, 0.25) is 0 Å². The zero-order valence-electron chi connectivity index (χ0n) is 11.7. The van der Waals surface area contributed by atoms with Crippen molar-refractivity contribution in [2.24, 2.45) is 0 Å². The molecule has 2 aromatic carbocycles. The van der Waals surface area contributed by atoms with Gasteiger partial charge in [0.25, 0.3) is 5.91 Å². The second-order valence-corrected chi connectivity index (χ2v) is 6.07. The third kappa shape index (κ3) is 2.20. The Kier molecular flexibility index (Phi) is 2.99. The Morgan fingerprint density at radius 3 is 2.57 bits per heavy atom. The van der Waals surface area contributed by atoms with E-state index in [1.807, 2.05) is 6.07 Å². The Morgan fingerprint density at radius 1 is 1.00 bits per heavy atom. The highest BCUT2D eigenvalue weighted by Crippen LogP contribution is 2.37. The highest BCUT2D eigenvalue weighted by molar-refractivity contribution is 7.21. The molecule has 0 saturated carbocycles. The summed E-state index contributed by atoms with van der Waals surface area (Å²) in [5, 5.41) is 3.40. The number of ether oxygens (including phenoxy) is 1. The van der Waals surface area contributed by atoms with Gasteiger partial charge in [-0.05, 0) is 30.3 Å². The molecule has 1 aromatic heterocycles. The number of hydrogen-bond donors (Lipinski definition) is 1. The predicted octanol–water partition coefficient (Wildman–Crippen LogP) is 3.46. The lowest BCUT2D eigenvalue weighted by Crippen LogP contribution is -2.11. The van der Waals surface area contributed by atoms with Gasteiger partial charge < -0.3 is 10.1 Å². The molecule has 5 nitrogen and oxygen atoms in total. The van der Waals surface area contributed by atoms with Crippen LogP contribution < -0.4 is 5.32 Å². The lowest BCUT2D eigenvalue weighted by molar-refractivity contribution is 0.0446. The first-order valence-corrected chi connectivity index (χ1v) is 7.64. The van der Waals surface area contributed by atoms with E-state index in [0.717, 1.165) is 4.70 Å². The number of rotatable bonds is 2. The van der Waals surface area contributed by atoms with E-state index in [9.17, 15) is 14.4 Å². The molecule has 23 heavy (non-hydrogen) atoms. The molecule has 2 heterocycles. The van der Waals surface area contributed by atoms with Crippen LogP contribution in [0.3, 0.4) is 0 Å². The zero-order chi connectivity index (χ0) is 16.0. The minimum Gasteiger partial charge on any atom is -0.385 e. The molecule has 0 fully saturated rings. The molecule has 1 aliphatic heterocycles. The van der Waals surface area contributed by atoms with E-state index in [4.69, 9.17) is 0 Å². The van der Waals surface area contributed by atoms with Gasteiger partial charge >= 0.3 is 11.9 Å². The Morgan fingerprint density at radius 2 is 1.78 bits per heavy atom. The van der Waals surface area contributed by atoms with E-state index < -0.39 is 11.9 Å². The number of fused-ring (bicyclic) bond motifs is 3. The van der Waals surface area contributed by atoms with E-state index >= 15 is 0 Å². The minimum atomic E-state index is -0.636. The van der Waals surface area contributed by atoms with Gasteiger partial charge in [-0.3, -0.25) is 4.79 Å². The summed E-state index contributed by atoms with van der Waals surface area (Å²) in [5.74, 6) is -1.49. The second kappa shape index (κ2) is 5.03. The normalized spacial score (nSPS) is 13.0. The van der Waals surface area contributed by atoms with Gasteiger partial charge in [-0.15, -0.1) is 11.3 Å². The van der Waals surface area contributed by atoms with Gasteiger partial charge in [0.15, 0.2) is 0 Å². The van der Waals surface area contributed by atoms with E-state index in [1.165, 1.54) is 11.3 Å². The van der Waals surface area contributed by atoms with Crippen LogP contribution in [0.2, 0.25) is 0 Å². The average molecular weight is 323 g/mol. The Bertz CT molecular complexity index is 975. The second-order valence-electron chi connectivity index (χ2n) is 5.01. The third-order valence-electron chi connectivity index (χ3n) is 3.56. The number of thiophene rings is 1. The molecule has 1 aliphatic rings. The number of anilines is 1. The van der Waals surface area contributed by atoms with Crippen molar-refractivity contribution < 1.29 is 19.1 Å². The molecule has 0 radical (unpaired) electrons. The van der Waals surface area contributed by atoms with Gasteiger partial charge in [-0.2, -0.15) is 0 Å². The lowest BCUT2D eigenvalue weighted by Gasteiger charge is -2.05. The first-order chi connectivity index (χ1) is 11.1. The van der Waals surface area contributed by atoms with Crippen molar-refractivity contribution in [1.82, 2.24) is 0 Å². The van der Waals surface area contributed by atoms with E-state index in [0.29, 0.717) is 21.5 Å². The lowest BCUT2D eigenvalue weighted by atomic mass is 10.1. The summed E-state index contributed by atoms with van der Waals surface area (Å²) in [5.41, 5.74) is 1.38. The first kappa shape index (κ1) is 13.7. The van der Waals surface area contributed by atoms with Crippen LogP contribution in [0.25, 0.3) is 10.1 Å². The van der Waals surface area contributed by atoms with Crippen molar-refractivity contribution in [2.45, 2.75) is 0 Å². The summed E-state index contributed by atoms with van der Waals surface area (Å²) in [4.78, 5) is 35.9. The highest BCUT2D eigenvalue weighted by atomic mass is 32.1. The van der Waals surface area contributed by atoms with Crippen LogP contribution in [0.15, 0.2) is 48.5 Å². The maximum absolute atomic E-state index is 12.2. The van der Waals surface area contributed by atoms with Crippen molar-refractivity contribution in [3.8, 4) is 0 Å². The monoisotopic (exact) mass is 323 g/mol. The van der Waals surface area contributed by atoms with Crippen LogP contribution in [0.4, 0.5) is 5.69 Å². The van der Waals surface area contributed by atoms with Crippen LogP contribution in [0, 0.1) is 0 Å². The van der Waals surface area contributed by atoms with Crippen molar-refractivity contribution in [3.05, 3.63) is 64.5 Å². The van der Waals surface area contributed by atoms with E-state index in [-0.39, 0.29) is 11.5 Å². The molecule has 0 bridgehead atoms. The topological polar surface area (TPSA) is 72.5 Å². The molecule has 0 aliphatic carbocycles. The molecular formula is C17H9NO4S. The number of esters is 2. The fourth-order valence-corrected chi connectivity index (χ4v) is 3.54. The number of cyclic esters (lactones) is 2. The molecule has 3 aromatic rings. The van der Waals surface area contributed by atoms with E-state index in [1.54, 1.807) is 42.5 Å². The van der Waals surface area contributed by atoms with Crippen LogP contribution >= 0.6 is 11.3 Å². The largest absolute Gasteiger partial charge is 0.385 e. The summed E-state index contributed by atoms with van der Waals surface area (Å²) in [6.45, 7) is 0. The number of benzene rings is 2. The molecular weight excluding hydrogens is 314 g/mol. The molecule has 6 heteroatoms. The smallest absolute Gasteiger partial charge is 0.357 e. The molecule has 0 spiro atoms. The van der Waals surface area contributed by atoms with Gasteiger partial charge in [-0.25, -0.2) is 9.59 Å². The number of carbonyl (C=O) groups is 3. The van der Waals surface area contributed by atoms with Gasteiger partial charge in [0, 0.05) is 21.3 Å². The Labute approximate surface area is 134 Å². The quantitative estimate of drug-likeness (QED) is 0.579. The van der Waals surface area contributed by atoms with Crippen LogP contribution in [0.1, 0.15) is 30.4 Å². The molecule has 1 amide bonds. The molecule has 0 unspecified atom stereocenters. The number of hydrogen-bond acceptors (Lipinski definition) is 5. The van der Waals surface area contributed by atoms with Crippen molar-refractivity contribution in [2.75, 3.05) is 5.32 Å². The molecule has 1 N–H and O–H groups in total. The molecule has 4 rings (SSSR count). The van der Waals surface area contributed by atoms with Crippen molar-refractivity contribution >= 4 is 45.0 Å². The average Bonchev–Trinajstić information content (AvgIpc) is 3.06. The minimum absolute atomic E-state index is 0.240. The van der Waals surface area contributed by atoms with Crippen molar-refractivity contribution in [3.63, 3.8) is 0 Å². The SMILES string of the molecule is O=C(Nc1ccc2sc3c(c2c1)C(=O)OC3=O)c1ccccc1. The first-order valence-electron chi connectivity index (χ1n) is 6.83. The van der Waals surface area contributed by atoms with Gasteiger partial charge in [0.05, 0.1) is 5.56 Å². The maximum atomic E-state index is 12.2. The Hall–Kier alpha value is -2.99. The summed E-state index contributed by atoms with van der Waals surface area (Å²) < 4.78 is 5.42. The molecule has 0 atom stereocenters. The fraction of sp³-hybridized carbons (Fsp3) is 0.